The Morgan fingerprint density at radius 3 is 1.73 bits per heavy atom. The number of rotatable bonds is 2. The molecule has 11 heavy (non-hydrogen) atoms. The molecule has 0 fully saturated rings. The Hall–Kier alpha value is 0.280. The first-order chi connectivity index (χ1) is 4.65. The summed E-state index contributed by atoms with van der Waals surface area (Å²) < 4.78 is 41.3. The van der Waals surface area contributed by atoms with Crippen LogP contribution < -0.4 is 0 Å². The highest BCUT2D eigenvalue weighted by Gasteiger charge is 2.19. The molecule has 0 bridgehead atoms. The fraction of sp³-hybridized carbons (Fsp3) is 0.750. The molecule has 0 aromatic heterocycles. The highest BCUT2D eigenvalue weighted by molar-refractivity contribution is 7.72. The molecule has 0 spiro atoms. The van der Waals surface area contributed by atoms with Gasteiger partial charge in [-0.3, -0.25) is 0 Å². The Morgan fingerprint density at radius 1 is 1.27 bits per heavy atom. The average molecular weight is 206 g/mol. The molecule has 0 rings (SSSR count). The maximum absolute atomic E-state index is 13.0. The zero-order valence-corrected chi connectivity index (χ0v) is 8.42. The highest BCUT2D eigenvalue weighted by Crippen LogP contribution is 2.63. The third-order valence-electron chi connectivity index (χ3n) is 0.907. The van der Waals surface area contributed by atoms with Crippen LogP contribution >= 0.6 is 15.2 Å². The molecule has 1 unspecified atom stereocenters. The van der Waals surface area contributed by atoms with Gasteiger partial charge in [-0.15, -0.1) is 0 Å². The maximum atomic E-state index is 13.0. The fourth-order valence-electron chi connectivity index (χ4n) is 0.321. The lowest BCUT2D eigenvalue weighted by molar-refractivity contribution is 0.618. The minimum absolute atomic E-state index is 0.649. The number of halogens is 3. The van der Waals surface area contributed by atoms with Gasteiger partial charge in [0.25, 0.3) is 7.68 Å². The van der Waals surface area contributed by atoms with Gasteiger partial charge in [0.15, 0.2) is 0 Å². The van der Waals surface area contributed by atoms with Crippen molar-refractivity contribution >= 4 is 21.5 Å². The van der Waals surface area contributed by atoms with Crippen LogP contribution in [0.3, 0.4) is 0 Å². The van der Waals surface area contributed by atoms with Crippen molar-refractivity contribution in [2.24, 2.45) is 4.52 Å². The van der Waals surface area contributed by atoms with Gasteiger partial charge < -0.3 is 0 Å². The Labute approximate surface area is 64.9 Å². The van der Waals surface area contributed by atoms with E-state index < -0.39 is 15.2 Å². The quantitative estimate of drug-likeness (QED) is 0.632. The van der Waals surface area contributed by atoms with Crippen LogP contribution in [0, 0.1) is 0 Å². The van der Waals surface area contributed by atoms with Crippen LogP contribution in [0.4, 0.5) is 12.6 Å². The van der Waals surface area contributed by atoms with E-state index in [0.717, 1.165) is 4.67 Å². The lowest BCUT2D eigenvalue weighted by atomic mass is 11.3. The first-order valence-electron chi connectivity index (χ1n) is 2.76. The Morgan fingerprint density at radius 2 is 1.64 bits per heavy atom. The topological polar surface area (TPSA) is 15.6 Å². The van der Waals surface area contributed by atoms with Gasteiger partial charge in [0.1, 0.15) is 0 Å². The molecule has 0 aromatic carbocycles. The van der Waals surface area contributed by atoms with E-state index in [1.165, 1.54) is 14.1 Å². The Bertz CT molecular complexity index is 223. The lowest BCUT2D eigenvalue weighted by Gasteiger charge is -2.17. The number of nitrogens with zero attached hydrogens (tertiary/aromatic N) is 2. The molecule has 0 saturated carbocycles. The van der Waals surface area contributed by atoms with E-state index in [1.54, 1.807) is 0 Å². The van der Waals surface area contributed by atoms with Gasteiger partial charge in [0.05, 0.1) is 0 Å². The first-order valence-corrected chi connectivity index (χ1v) is 6.51. The van der Waals surface area contributed by atoms with E-state index in [-0.39, 0.29) is 0 Å². The smallest absolute Gasteiger partial charge is 0.248 e. The Balaban J connectivity index is 4.77. The second kappa shape index (κ2) is 3.34. The van der Waals surface area contributed by atoms with Crippen molar-refractivity contribution in [2.45, 2.75) is 0 Å². The third kappa shape index (κ3) is 4.67. The second-order valence-electron chi connectivity index (χ2n) is 2.33. The van der Waals surface area contributed by atoms with E-state index in [9.17, 15) is 12.6 Å². The molecular weight excluding hydrogens is 195 g/mol. The SMILES string of the molecule is C=P(F)(N=P(C)(F)F)N(C)C. The molecule has 0 aliphatic heterocycles. The van der Waals surface area contributed by atoms with Crippen LogP contribution in [-0.2, 0) is 0 Å². The fourth-order valence-corrected chi connectivity index (χ4v) is 2.89. The molecule has 1 atom stereocenters. The summed E-state index contributed by atoms with van der Waals surface area (Å²) in [5, 5.41) is 0. The summed E-state index contributed by atoms with van der Waals surface area (Å²) in [7, 11) is -5.33. The summed E-state index contributed by atoms with van der Waals surface area (Å²) in [4.78, 5) is 0. The van der Waals surface area contributed by atoms with Gasteiger partial charge in [0.2, 0.25) is 7.50 Å². The summed E-state index contributed by atoms with van der Waals surface area (Å²) >= 11 is 0. The van der Waals surface area contributed by atoms with Crippen LogP contribution in [0.25, 0.3) is 0 Å². The van der Waals surface area contributed by atoms with E-state index in [0.29, 0.717) is 6.66 Å². The summed E-state index contributed by atoms with van der Waals surface area (Å²) in [5.41, 5.74) is 0. The minimum atomic E-state index is -4.40. The molecule has 0 aromatic rings. The van der Waals surface area contributed by atoms with Gasteiger partial charge in [-0.2, -0.15) is 17.1 Å². The molecule has 0 aliphatic rings. The van der Waals surface area contributed by atoms with Gasteiger partial charge in [0, 0.05) is 6.66 Å². The molecule has 2 nitrogen and oxygen atoms in total. The zero-order chi connectivity index (χ0) is 9.28. The maximum Gasteiger partial charge on any atom is 0.297 e. The third-order valence-corrected chi connectivity index (χ3v) is 4.49. The Kier molecular flexibility index (Phi) is 3.43. The van der Waals surface area contributed by atoms with Gasteiger partial charge >= 0.3 is 0 Å². The minimum Gasteiger partial charge on any atom is -0.248 e. The van der Waals surface area contributed by atoms with Crippen molar-refractivity contribution < 1.29 is 12.6 Å². The molecule has 68 valence electrons. The van der Waals surface area contributed by atoms with Crippen molar-refractivity contribution in [3.05, 3.63) is 0 Å². The van der Waals surface area contributed by atoms with Crippen molar-refractivity contribution in [3.63, 3.8) is 0 Å². The number of hydrogen-bond acceptors (Lipinski definition) is 2. The van der Waals surface area contributed by atoms with Gasteiger partial charge in [-0.25, -0.2) is 4.67 Å². The summed E-state index contributed by atoms with van der Waals surface area (Å²) in [6.45, 7) is 0.649. The van der Waals surface area contributed by atoms with Crippen molar-refractivity contribution in [1.29, 1.82) is 0 Å². The number of hydrogen-bond donors (Lipinski definition) is 0. The summed E-state index contributed by atoms with van der Waals surface area (Å²) in [5.74, 6) is 0. The first kappa shape index (κ1) is 11.3. The van der Waals surface area contributed by atoms with Crippen LogP contribution in [0.5, 0.6) is 0 Å². The lowest BCUT2D eigenvalue weighted by Crippen LogP contribution is -2.02. The van der Waals surface area contributed by atoms with Crippen LogP contribution in [0.1, 0.15) is 0 Å². The van der Waals surface area contributed by atoms with Crippen LogP contribution in [-0.4, -0.2) is 31.7 Å². The molecule has 0 aliphatic carbocycles. The zero-order valence-electron chi connectivity index (χ0n) is 6.63. The van der Waals surface area contributed by atoms with E-state index in [4.69, 9.17) is 0 Å². The van der Waals surface area contributed by atoms with Crippen LogP contribution in [0.15, 0.2) is 4.52 Å². The van der Waals surface area contributed by atoms with Crippen molar-refractivity contribution in [2.75, 3.05) is 20.8 Å². The predicted octanol–water partition coefficient (Wildman–Crippen LogP) is 3.31. The molecule has 7 heteroatoms. The molecular formula is C4H11F3N2P2. The largest absolute Gasteiger partial charge is 0.297 e. The molecule has 0 radical (unpaired) electrons. The molecule has 0 N–H and O–H groups in total. The van der Waals surface area contributed by atoms with E-state index in [2.05, 4.69) is 10.8 Å². The summed E-state index contributed by atoms with van der Waals surface area (Å²) in [6.07, 6.45) is 3.01. The molecule has 0 heterocycles. The monoisotopic (exact) mass is 206 g/mol. The molecule has 0 amide bonds. The van der Waals surface area contributed by atoms with Gasteiger partial charge in [-0.05, 0) is 20.4 Å². The van der Waals surface area contributed by atoms with E-state index >= 15 is 0 Å². The van der Waals surface area contributed by atoms with E-state index in [1.807, 2.05) is 0 Å². The predicted molar refractivity (Wildman–Crippen MR) is 46.3 cm³/mol. The second-order valence-corrected chi connectivity index (χ2v) is 6.64. The standard InChI is InChI=1S/C4H11F3N2P2/c1-9(2)11(4,7)8-10(3,5)6/h4H2,1-3H3. The van der Waals surface area contributed by atoms with Gasteiger partial charge in [-0.1, -0.05) is 0 Å². The average Bonchev–Trinajstić information content (AvgIpc) is 1.56. The highest BCUT2D eigenvalue weighted by atomic mass is 31.3. The van der Waals surface area contributed by atoms with Crippen molar-refractivity contribution in [1.82, 2.24) is 4.67 Å². The summed E-state index contributed by atoms with van der Waals surface area (Å²) in [6, 6.07) is 0. The normalized spacial score (nSPS) is 18.1. The van der Waals surface area contributed by atoms with Crippen molar-refractivity contribution in [3.8, 4) is 0 Å². The van der Waals surface area contributed by atoms with Crippen LogP contribution in [0.2, 0.25) is 0 Å². The molecule has 0 saturated heterocycles.